The molecule has 1 atom stereocenters. The molecule has 0 bridgehead atoms. The van der Waals surface area contributed by atoms with Crippen molar-refractivity contribution < 1.29 is 4.42 Å². The molecule has 0 radical (unpaired) electrons. The van der Waals surface area contributed by atoms with Crippen molar-refractivity contribution in [1.82, 2.24) is 9.55 Å². The maximum atomic E-state index is 6.10. The number of aromatic nitrogens is 2. The lowest BCUT2D eigenvalue weighted by Crippen LogP contribution is -2.18. The van der Waals surface area contributed by atoms with E-state index >= 15 is 0 Å². The van der Waals surface area contributed by atoms with Crippen LogP contribution in [-0.2, 0) is 13.0 Å². The highest BCUT2D eigenvalue weighted by atomic mass is 16.4. The molecule has 0 amide bonds. The summed E-state index contributed by atoms with van der Waals surface area (Å²) in [7, 11) is 0. The quantitative estimate of drug-likeness (QED) is 0.861. The fourth-order valence-electron chi connectivity index (χ4n) is 2.56. The fourth-order valence-corrected chi connectivity index (χ4v) is 2.56. The van der Waals surface area contributed by atoms with Crippen LogP contribution in [0.1, 0.15) is 41.8 Å². The first kappa shape index (κ1) is 10.6. The first-order valence-electron chi connectivity index (χ1n) is 6.09. The third kappa shape index (κ3) is 1.89. The number of rotatable bonds is 2. The minimum absolute atomic E-state index is 0.200. The predicted octanol–water partition coefficient (Wildman–Crippen LogP) is 2.17. The molecule has 2 aromatic rings. The van der Waals surface area contributed by atoms with Gasteiger partial charge in [-0.25, -0.2) is 4.98 Å². The molecule has 2 N–H and O–H groups in total. The Morgan fingerprint density at radius 1 is 1.59 bits per heavy atom. The molecule has 0 spiro atoms. The largest absolute Gasteiger partial charge is 0.444 e. The van der Waals surface area contributed by atoms with Crippen molar-refractivity contribution in [3.8, 4) is 0 Å². The third-order valence-corrected chi connectivity index (χ3v) is 3.42. The van der Waals surface area contributed by atoms with E-state index in [9.17, 15) is 0 Å². The van der Waals surface area contributed by atoms with Gasteiger partial charge in [-0.05, 0) is 37.8 Å². The van der Waals surface area contributed by atoms with Crippen molar-refractivity contribution in [3.05, 3.63) is 41.4 Å². The number of aryl methyl sites for hydroxylation is 1. The predicted molar refractivity (Wildman–Crippen MR) is 64.6 cm³/mol. The smallest absolute Gasteiger partial charge is 0.214 e. The lowest BCUT2D eigenvalue weighted by molar-refractivity contribution is 0.450. The van der Waals surface area contributed by atoms with Gasteiger partial charge in [0.1, 0.15) is 5.76 Å². The Kier molecular flexibility index (Phi) is 2.52. The molecule has 3 rings (SSSR count). The van der Waals surface area contributed by atoms with Crippen LogP contribution in [-0.4, -0.2) is 9.55 Å². The Labute approximate surface area is 100 Å². The van der Waals surface area contributed by atoms with Gasteiger partial charge in [0.15, 0.2) is 0 Å². The van der Waals surface area contributed by atoms with Crippen molar-refractivity contribution in [2.75, 3.05) is 0 Å². The number of nitrogens with zero attached hydrogens (tertiary/aromatic N) is 2. The standard InChI is InChI=1S/C13H17N3O/c1-9-7-15-13(17-9)8-16-6-5-10-11(14)3-2-4-12(10)16/h5-7,11H,2-4,8,14H2,1H3. The Morgan fingerprint density at radius 2 is 2.47 bits per heavy atom. The van der Waals surface area contributed by atoms with E-state index in [0.717, 1.165) is 24.5 Å². The zero-order valence-electron chi connectivity index (χ0n) is 10.0. The highest BCUT2D eigenvalue weighted by Crippen LogP contribution is 2.29. The second-order valence-corrected chi connectivity index (χ2v) is 4.71. The van der Waals surface area contributed by atoms with Gasteiger partial charge in [0.05, 0.1) is 12.7 Å². The molecule has 0 aliphatic heterocycles. The Balaban J connectivity index is 1.89. The number of oxazole rings is 1. The average Bonchev–Trinajstić information content (AvgIpc) is 2.88. The molecule has 1 unspecified atom stereocenters. The van der Waals surface area contributed by atoms with Gasteiger partial charge in [-0.3, -0.25) is 0 Å². The highest BCUT2D eigenvalue weighted by molar-refractivity contribution is 5.28. The number of nitrogens with two attached hydrogens (primary N) is 1. The topological polar surface area (TPSA) is 57.0 Å². The van der Waals surface area contributed by atoms with Gasteiger partial charge in [-0.15, -0.1) is 0 Å². The van der Waals surface area contributed by atoms with E-state index in [4.69, 9.17) is 10.2 Å². The van der Waals surface area contributed by atoms with Crippen molar-refractivity contribution in [1.29, 1.82) is 0 Å². The van der Waals surface area contributed by atoms with Gasteiger partial charge in [0.2, 0.25) is 5.89 Å². The Hall–Kier alpha value is -1.55. The van der Waals surface area contributed by atoms with Crippen LogP contribution in [0.2, 0.25) is 0 Å². The number of hydrogen-bond acceptors (Lipinski definition) is 3. The summed E-state index contributed by atoms with van der Waals surface area (Å²) < 4.78 is 7.72. The Morgan fingerprint density at radius 3 is 3.24 bits per heavy atom. The molecular weight excluding hydrogens is 214 g/mol. The van der Waals surface area contributed by atoms with Crippen LogP contribution in [0.25, 0.3) is 0 Å². The number of fused-ring (bicyclic) bond motifs is 1. The first-order chi connectivity index (χ1) is 8.24. The van der Waals surface area contributed by atoms with E-state index in [1.807, 2.05) is 6.92 Å². The lowest BCUT2D eigenvalue weighted by Gasteiger charge is -2.20. The second kappa shape index (κ2) is 4.04. The maximum absolute atomic E-state index is 6.10. The summed E-state index contributed by atoms with van der Waals surface area (Å²) in [6, 6.07) is 2.33. The lowest BCUT2D eigenvalue weighted by atomic mass is 9.94. The van der Waals surface area contributed by atoms with Crippen LogP contribution in [0.4, 0.5) is 0 Å². The van der Waals surface area contributed by atoms with Gasteiger partial charge in [0, 0.05) is 17.9 Å². The van der Waals surface area contributed by atoms with Crippen molar-refractivity contribution in [3.63, 3.8) is 0 Å². The van der Waals surface area contributed by atoms with Crippen LogP contribution in [0.5, 0.6) is 0 Å². The first-order valence-corrected chi connectivity index (χ1v) is 6.09. The van der Waals surface area contributed by atoms with E-state index in [2.05, 4.69) is 21.8 Å². The molecule has 4 nitrogen and oxygen atoms in total. The van der Waals surface area contributed by atoms with Crippen molar-refractivity contribution in [2.24, 2.45) is 5.73 Å². The maximum Gasteiger partial charge on any atom is 0.214 e. The van der Waals surface area contributed by atoms with Crippen molar-refractivity contribution in [2.45, 2.75) is 38.8 Å². The molecule has 1 aliphatic carbocycles. The van der Waals surface area contributed by atoms with Gasteiger partial charge < -0.3 is 14.7 Å². The molecule has 0 saturated heterocycles. The summed E-state index contributed by atoms with van der Waals surface area (Å²) in [6.45, 7) is 2.62. The van der Waals surface area contributed by atoms with E-state index in [-0.39, 0.29) is 6.04 Å². The molecular formula is C13H17N3O. The molecule has 2 aromatic heterocycles. The number of hydrogen-bond donors (Lipinski definition) is 1. The SMILES string of the molecule is Cc1cnc(Cn2ccc3c2CCCC3N)o1. The van der Waals surface area contributed by atoms with Crippen LogP contribution >= 0.6 is 0 Å². The summed E-state index contributed by atoms with van der Waals surface area (Å²) in [5.74, 6) is 1.62. The van der Waals surface area contributed by atoms with Crippen LogP contribution in [0.15, 0.2) is 22.9 Å². The molecule has 0 saturated carbocycles. The average molecular weight is 231 g/mol. The van der Waals surface area contributed by atoms with E-state index in [0.29, 0.717) is 6.54 Å². The fraction of sp³-hybridized carbons (Fsp3) is 0.462. The van der Waals surface area contributed by atoms with E-state index in [1.54, 1.807) is 6.20 Å². The second-order valence-electron chi connectivity index (χ2n) is 4.71. The van der Waals surface area contributed by atoms with Gasteiger partial charge in [0.25, 0.3) is 0 Å². The van der Waals surface area contributed by atoms with Crippen LogP contribution in [0, 0.1) is 6.92 Å². The molecule has 17 heavy (non-hydrogen) atoms. The van der Waals surface area contributed by atoms with Gasteiger partial charge >= 0.3 is 0 Å². The third-order valence-electron chi connectivity index (χ3n) is 3.42. The van der Waals surface area contributed by atoms with Crippen molar-refractivity contribution >= 4 is 0 Å². The van der Waals surface area contributed by atoms with Gasteiger partial charge in [-0.1, -0.05) is 0 Å². The monoisotopic (exact) mass is 231 g/mol. The summed E-state index contributed by atoms with van der Waals surface area (Å²) in [6.07, 6.45) is 7.22. The molecule has 0 fully saturated rings. The summed E-state index contributed by atoms with van der Waals surface area (Å²) >= 11 is 0. The zero-order chi connectivity index (χ0) is 11.8. The zero-order valence-corrected chi connectivity index (χ0v) is 10.0. The van der Waals surface area contributed by atoms with Crippen LogP contribution in [0.3, 0.4) is 0 Å². The normalized spacial score (nSPS) is 19.3. The minimum Gasteiger partial charge on any atom is -0.444 e. The molecule has 2 heterocycles. The molecule has 4 heteroatoms. The van der Waals surface area contributed by atoms with Gasteiger partial charge in [-0.2, -0.15) is 0 Å². The van der Waals surface area contributed by atoms with Crippen LogP contribution < -0.4 is 5.73 Å². The summed E-state index contributed by atoms with van der Waals surface area (Å²) in [4.78, 5) is 4.24. The Bertz CT molecular complexity index is 527. The highest BCUT2D eigenvalue weighted by Gasteiger charge is 2.20. The van der Waals surface area contributed by atoms with E-state index < -0.39 is 0 Å². The summed E-state index contributed by atoms with van der Waals surface area (Å²) in [5.41, 5.74) is 8.74. The molecule has 0 aromatic carbocycles. The summed E-state index contributed by atoms with van der Waals surface area (Å²) in [5, 5.41) is 0. The molecule has 1 aliphatic rings. The minimum atomic E-state index is 0.200. The van der Waals surface area contributed by atoms with E-state index in [1.165, 1.54) is 17.7 Å². The molecule has 90 valence electrons.